The molecule has 0 atom stereocenters. The van der Waals surface area contributed by atoms with Gasteiger partial charge in [0.2, 0.25) is 0 Å². The zero-order valence-electron chi connectivity index (χ0n) is 13.8. The first-order chi connectivity index (χ1) is 10.2. The lowest BCUT2D eigenvalue weighted by atomic mass is 10.2. The van der Waals surface area contributed by atoms with E-state index in [1.807, 2.05) is 11.3 Å². The van der Waals surface area contributed by atoms with Crippen LogP contribution in [0.5, 0.6) is 0 Å². The Hall–Kier alpha value is -0.650. The summed E-state index contributed by atoms with van der Waals surface area (Å²) in [5.74, 6) is 0.713. The Morgan fingerprint density at radius 2 is 2.19 bits per heavy atom. The highest BCUT2D eigenvalue weighted by atomic mass is 32.1. The lowest BCUT2D eigenvalue weighted by Crippen LogP contribution is -2.33. The molecule has 1 saturated carbocycles. The first kappa shape index (κ1) is 16.7. The second kappa shape index (κ2) is 8.11. The van der Waals surface area contributed by atoms with E-state index in [4.69, 9.17) is 9.72 Å². The molecule has 1 aromatic heterocycles. The van der Waals surface area contributed by atoms with Crippen LogP contribution in [0.15, 0.2) is 0 Å². The lowest BCUT2D eigenvalue weighted by Gasteiger charge is -2.25. The summed E-state index contributed by atoms with van der Waals surface area (Å²) in [6.45, 7) is 10.4. The highest BCUT2D eigenvalue weighted by Gasteiger charge is 2.30. The van der Waals surface area contributed by atoms with Gasteiger partial charge in [-0.3, -0.25) is 0 Å². The van der Waals surface area contributed by atoms with Crippen LogP contribution in [0, 0.1) is 0 Å². The van der Waals surface area contributed by atoms with Crippen LogP contribution in [-0.4, -0.2) is 37.8 Å². The van der Waals surface area contributed by atoms with Gasteiger partial charge < -0.3 is 15.0 Å². The summed E-state index contributed by atoms with van der Waals surface area (Å²) in [6, 6.07) is 0.454. The number of hydrogen-bond donors (Lipinski definition) is 1. The Kier molecular flexibility index (Phi) is 6.45. The van der Waals surface area contributed by atoms with E-state index in [1.54, 1.807) is 7.11 Å². The minimum Gasteiger partial charge on any atom is -0.383 e. The molecule has 0 aromatic carbocycles. The maximum atomic E-state index is 5.24. The highest BCUT2D eigenvalue weighted by Crippen LogP contribution is 2.44. The maximum Gasteiger partial charge on any atom is 0.186 e. The molecule has 1 N–H and O–H groups in total. The summed E-state index contributed by atoms with van der Waals surface area (Å²) >= 11 is 1.86. The second-order valence-electron chi connectivity index (χ2n) is 6.04. The van der Waals surface area contributed by atoms with Gasteiger partial charge in [0.25, 0.3) is 0 Å². The largest absolute Gasteiger partial charge is 0.383 e. The minimum atomic E-state index is 0.454. The number of anilines is 1. The molecule has 0 spiro atoms. The van der Waals surface area contributed by atoms with E-state index in [0.29, 0.717) is 12.0 Å². The predicted octanol–water partition coefficient (Wildman–Crippen LogP) is 3.38. The van der Waals surface area contributed by atoms with Gasteiger partial charge >= 0.3 is 0 Å². The summed E-state index contributed by atoms with van der Waals surface area (Å²) in [6.07, 6.45) is 3.80. The van der Waals surface area contributed by atoms with E-state index in [-0.39, 0.29) is 0 Å². The van der Waals surface area contributed by atoms with E-state index in [2.05, 4.69) is 31.0 Å². The fraction of sp³-hybridized carbons (Fsp3) is 0.812. The van der Waals surface area contributed by atoms with E-state index >= 15 is 0 Å². The summed E-state index contributed by atoms with van der Waals surface area (Å²) in [7, 11) is 1.76. The molecule has 5 heteroatoms. The SMILES string of the molecule is CCCNCc1sc(N(CCOC)C(C)C)nc1C1CC1. The van der Waals surface area contributed by atoms with Crippen molar-refractivity contribution in [2.24, 2.45) is 0 Å². The first-order valence-electron chi connectivity index (χ1n) is 8.13. The molecule has 1 aliphatic carbocycles. The van der Waals surface area contributed by atoms with E-state index in [0.717, 1.165) is 31.4 Å². The van der Waals surface area contributed by atoms with Crippen molar-refractivity contribution >= 4 is 16.5 Å². The normalized spacial score (nSPS) is 14.9. The van der Waals surface area contributed by atoms with Gasteiger partial charge in [-0.1, -0.05) is 6.92 Å². The molecule has 0 saturated heterocycles. The van der Waals surface area contributed by atoms with Crippen LogP contribution in [0.1, 0.15) is 56.5 Å². The van der Waals surface area contributed by atoms with Gasteiger partial charge in [0, 0.05) is 37.0 Å². The Morgan fingerprint density at radius 1 is 1.43 bits per heavy atom. The minimum absolute atomic E-state index is 0.454. The number of ether oxygens (including phenoxy) is 1. The van der Waals surface area contributed by atoms with Crippen molar-refractivity contribution < 1.29 is 4.74 Å². The monoisotopic (exact) mass is 311 g/mol. The van der Waals surface area contributed by atoms with E-state index in [9.17, 15) is 0 Å². The van der Waals surface area contributed by atoms with Crippen molar-refractivity contribution in [3.8, 4) is 0 Å². The van der Waals surface area contributed by atoms with Gasteiger partial charge in [-0.15, -0.1) is 11.3 Å². The first-order valence-corrected chi connectivity index (χ1v) is 8.94. The van der Waals surface area contributed by atoms with Gasteiger partial charge in [-0.05, 0) is 39.7 Å². The quantitative estimate of drug-likeness (QED) is 0.672. The van der Waals surface area contributed by atoms with E-state index in [1.165, 1.54) is 29.8 Å². The van der Waals surface area contributed by atoms with Crippen LogP contribution < -0.4 is 10.2 Å². The average molecular weight is 311 g/mol. The molecule has 0 bridgehead atoms. The number of nitrogens with one attached hydrogen (secondary N) is 1. The molecule has 120 valence electrons. The van der Waals surface area contributed by atoms with Crippen molar-refractivity contribution in [3.05, 3.63) is 10.6 Å². The molecule has 0 amide bonds. The standard InChI is InChI=1S/C16H29N3OS/c1-5-8-17-11-14-15(13-6-7-13)18-16(21-14)19(12(2)3)9-10-20-4/h12-13,17H,5-11H2,1-4H3. The average Bonchev–Trinajstić information content (AvgIpc) is 3.21. The molecule has 21 heavy (non-hydrogen) atoms. The zero-order chi connectivity index (χ0) is 15.2. The number of hydrogen-bond acceptors (Lipinski definition) is 5. The van der Waals surface area contributed by atoms with Crippen LogP contribution in [0.25, 0.3) is 0 Å². The van der Waals surface area contributed by atoms with Gasteiger partial charge in [-0.25, -0.2) is 4.98 Å². The molecule has 2 rings (SSSR count). The Labute approximate surface area is 132 Å². The van der Waals surface area contributed by atoms with Gasteiger partial charge in [-0.2, -0.15) is 0 Å². The van der Waals surface area contributed by atoms with Crippen molar-refractivity contribution in [2.75, 3.05) is 31.7 Å². The molecule has 0 aliphatic heterocycles. The molecular weight excluding hydrogens is 282 g/mol. The molecule has 0 unspecified atom stereocenters. The fourth-order valence-corrected chi connectivity index (χ4v) is 3.69. The number of methoxy groups -OCH3 is 1. The Morgan fingerprint density at radius 3 is 2.76 bits per heavy atom. The molecule has 1 aromatic rings. The lowest BCUT2D eigenvalue weighted by molar-refractivity contribution is 0.204. The second-order valence-corrected chi connectivity index (χ2v) is 7.10. The smallest absolute Gasteiger partial charge is 0.186 e. The number of aromatic nitrogens is 1. The predicted molar refractivity (Wildman–Crippen MR) is 90.4 cm³/mol. The molecule has 1 heterocycles. The number of rotatable bonds is 10. The molecule has 4 nitrogen and oxygen atoms in total. The third-order valence-electron chi connectivity index (χ3n) is 3.80. The van der Waals surface area contributed by atoms with Crippen LogP contribution in [0.3, 0.4) is 0 Å². The molecule has 0 radical (unpaired) electrons. The van der Waals surface area contributed by atoms with Crippen LogP contribution >= 0.6 is 11.3 Å². The molecular formula is C16H29N3OS. The Balaban J connectivity index is 2.12. The maximum absolute atomic E-state index is 5.24. The number of thiazole rings is 1. The van der Waals surface area contributed by atoms with Crippen LogP contribution in [-0.2, 0) is 11.3 Å². The third-order valence-corrected chi connectivity index (χ3v) is 4.91. The summed E-state index contributed by atoms with van der Waals surface area (Å²) in [5.41, 5.74) is 1.35. The number of nitrogens with zero attached hydrogens (tertiary/aromatic N) is 2. The topological polar surface area (TPSA) is 37.4 Å². The molecule has 1 fully saturated rings. The summed E-state index contributed by atoms with van der Waals surface area (Å²) in [5, 5.41) is 4.69. The van der Waals surface area contributed by atoms with Gasteiger partial charge in [0.15, 0.2) is 5.13 Å². The van der Waals surface area contributed by atoms with Crippen molar-refractivity contribution in [2.45, 2.75) is 58.5 Å². The van der Waals surface area contributed by atoms with Gasteiger partial charge in [0.1, 0.15) is 0 Å². The fourth-order valence-electron chi connectivity index (χ4n) is 2.42. The van der Waals surface area contributed by atoms with Crippen molar-refractivity contribution in [1.82, 2.24) is 10.3 Å². The summed E-state index contributed by atoms with van der Waals surface area (Å²) in [4.78, 5) is 8.77. The van der Waals surface area contributed by atoms with Crippen molar-refractivity contribution in [1.29, 1.82) is 0 Å². The van der Waals surface area contributed by atoms with Crippen molar-refractivity contribution in [3.63, 3.8) is 0 Å². The zero-order valence-corrected chi connectivity index (χ0v) is 14.6. The summed E-state index contributed by atoms with van der Waals surface area (Å²) < 4.78 is 5.24. The van der Waals surface area contributed by atoms with Crippen LogP contribution in [0.2, 0.25) is 0 Å². The Bertz CT molecular complexity index is 429. The highest BCUT2D eigenvalue weighted by molar-refractivity contribution is 7.15. The van der Waals surface area contributed by atoms with Crippen LogP contribution in [0.4, 0.5) is 5.13 Å². The van der Waals surface area contributed by atoms with Gasteiger partial charge in [0.05, 0.1) is 12.3 Å². The van der Waals surface area contributed by atoms with E-state index < -0.39 is 0 Å². The third kappa shape index (κ3) is 4.66. The molecule has 1 aliphatic rings.